The first-order chi connectivity index (χ1) is 9.99. The first-order valence-corrected chi connectivity index (χ1v) is 9.28. The van der Waals surface area contributed by atoms with Gasteiger partial charge in [0, 0.05) is 13.2 Å². The van der Waals surface area contributed by atoms with Crippen LogP contribution in [0.2, 0.25) is 0 Å². The fraction of sp³-hybridized carbons (Fsp3) is 1.00. The van der Waals surface area contributed by atoms with Crippen LogP contribution in [0.15, 0.2) is 0 Å². The standard InChI is InChI=1S/C19H39NO/c1-6-8-9-10-11-12-17(20-7-2)19(21-5)15-13-18(3,4)14-16-19/h17,20H,6-16H2,1-5H3. The maximum atomic E-state index is 6.10. The molecule has 2 nitrogen and oxygen atoms in total. The van der Waals surface area contributed by atoms with Crippen molar-refractivity contribution >= 4 is 0 Å². The highest BCUT2D eigenvalue weighted by Crippen LogP contribution is 2.44. The third-order valence-electron chi connectivity index (χ3n) is 5.54. The zero-order valence-corrected chi connectivity index (χ0v) is 15.3. The summed E-state index contributed by atoms with van der Waals surface area (Å²) in [6, 6.07) is 0.533. The van der Waals surface area contributed by atoms with Crippen LogP contribution in [0.25, 0.3) is 0 Å². The van der Waals surface area contributed by atoms with Gasteiger partial charge in [0.25, 0.3) is 0 Å². The Morgan fingerprint density at radius 1 is 0.952 bits per heavy atom. The molecule has 1 unspecified atom stereocenters. The molecule has 1 fully saturated rings. The van der Waals surface area contributed by atoms with Crippen LogP contribution >= 0.6 is 0 Å². The Kier molecular flexibility index (Phi) is 8.26. The lowest BCUT2D eigenvalue weighted by atomic mass is 9.67. The minimum atomic E-state index is 0.0796. The number of unbranched alkanes of at least 4 members (excludes halogenated alkanes) is 4. The number of methoxy groups -OCH3 is 1. The normalized spacial score (nSPS) is 22.1. The van der Waals surface area contributed by atoms with Gasteiger partial charge in [-0.3, -0.25) is 0 Å². The molecule has 0 aromatic carbocycles. The second-order valence-corrected chi connectivity index (χ2v) is 7.75. The highest BCUT2D eigenvalue weighted by Gasteiger charge is 2.43. The van der Waals surface area contributed by atoms with Crippen LogP contribution in [0.1, 0.15) is 91.9 Å². The van der Waals surface area contributed by atoms with Crippen molar-refractivity contribution < 1.29 is 4.74 Å². The number of ether oxygens (including phenoxy) is 1. The summed E-state index contributed by atoms with van der Waals surface area (Å²) < 4.78 is 6.10. The van der Waals surface area contributed by atoms with Crippen LogP contribution in [0.4, 0.5) is 0 Å². The third-order valence-corrected chi connectivity index (χ3v) is 5.54. The molecule has 0 aromatic heterocycles. The monoisotopic (exact) mass is 297 g/mol. The van der Waals surface area contributed by atoms with Crippen molar-refractivity contribution in [1.29, 1.82) is 0 Å². The van der Waals surface area contributed by atoms with Crippen LogP contribution in [0, 0.1) is 5.41 Å². The molecule has 0 bridgehead atoms. The summed E-state index contributed by atoms with van der Waals surface area (Å²) in [5.41, 5.74) is 0.580. The summed E-state index contributed by atoms with van der Waals surface area (Å²) in [6.07, 6.45) is 13.1. The molecule has 0 aromatic rings. The summed E-state index contributed by atoms with van der Waals surface area (Å²) in [6.45, 7) is 10.4. The van der Waals surface area contributed by atoms with Gasteiger partial charge in [-0.05, 0) is 44.1 Å². The van der Waals surface area contributed by atoms with Crippen molar-refractivity contribution in [2.45, 2.75) is 104 Å². The first-order valence-electron chi connectivity index (χ1n) is 9.28. The van der Waals surface area contributed by atoms with E-state index in [2.05, 4.69) is 33.0 Å². The van der Waals surface area contributed by atoms with E-state index in [9.17, 15) is 0 Å². The molecule has 126 valence electrons. The van der Waals surface area contributed by atoms with Gasteiger partial charge in [0.15, 0.2) is 0 Å². The molecule has 1 aliphatic carbocycles. The average molecular weight is 298 g/mol. The number of likely N-dealkylation sites (N-methyl/N-ethyl adjacent to an activating group) is 1. The van der Waals surface area contributed by atoms with Gasteiger partial charge in [-0.25, -0.2) is 0 Å². The summed E-state index contributed by atoms with van der Waals surface area (Å²) in [4.78, 5) is 0. The van der Waals surface area contributed by atoms with Gasteiger partial charge in [0.2, 0.25) is 0 Å². The molecule has 21 heavy (non-hydrogen) atoms. The maximum Gasteiger partial charge on any atom is 0.0831 e. The van der Waals surface area contributed by atoms with Crippen molar-refractivity contribution in [3.05, 3.63) is 0 Å². The topological polar surface area (TPSA) is 21.3 Å². The molecule has 0 amide bonds. The van der Waals surface area contributed by atoms with Gasteiger partial charge in [-0.1, -0.05) is 59.8 Å². The summed E-state index contributed by atoms with van der Waals surface area (Å²) in [5.74, 6) is 0. The zero-order chi connectivity index (χ0) is 15.8. The highest BCUT2D eigenvalue weighted by molar-refractivity contribution is 4.98. The molecule has 0 saturated heterocycles. The van der Waals surface area contributed by atoms with Gasteiger partial charge in [-0.2, -0.15) is 0 Å². The Morgan fingerprint density at radius 2 is 1.57 bits per heavy atom. The van der Waals surface area contributed by atoms with E-state index in [-0.39, 0.29) is 5.60 Å². The van der Waals surface area contributed by atoms with Gasteiger partial charge >= 0.3 is 0 Å². The van der Waals surface area contributed by atoms with E-state index in [4.69, 9.17) is 4.74 Å². The van der Waals surface area contributed by atoms with Crippen molar-refractivity contribution in [3.8, 4) is 0 Å². The molecule has 1 atom stereocenters. The summed E-state index contributed by atoms with van der Waals surface area (Å²) >= 11 is 0. The van der Waals surface area contributed by atoms with Crippen molar-refractivity contribution in [2.75, 3.05) is 13.7 Å². The van der Waals surface area contributed by atoms with Crippen molar-refractivity contribution in [1.82, 2.24) is 5.32 Å². The van der Waals surface area contributed by atoms with Gasteiger partial charge in [-0.15, -0.1) is 0 Å². The largest absolute Gasteiger partial charge is 0.377 e. The highest BCUT2D eigenvalue weighted by atomic mass is 16.5. The van der Waals surface area contributed by atoms with Crippen LogP contribution in [0.5, 0.6) is 0 Å². The lowest BCUT2D eigenvalue weighted by Crippen LogP contribution is -2.54. The molecule has 1 aliphatic rings. The van der Waals surface area contributed by atoms with E-state index in [0.29, 0.717) is 11.5 Å². The SMILES string of the molecule is CCCCCCCC(NCC)C1(OC)CCC(C)(C)CC1. The molecule has 1 saturated carbocycles. The van der Waals surface area contributed by atoms with Crippen LogP contribution < -0.4 is 5.32 Å². The lowest BCUT2D eigenvalue weighted by Gasteiger charge is -2.47. The number of hydrogen-bond acceptors (Lipinski definition) is 2. The van der Waals surface area contributed by atoms with E-state index in [1.165, 1.54) is 64.2 Å². The van der Waals surface area contributed by atoms with Crippen molar-refractivity contribution in [3.63, 3.8) is 0 Å². The van der Waals surface area contributed by atoms with E-state index in [1.54, 1.807) is 0 Å². The van der Waals surface area contributed by atoms with E-state index in [0.717, 1.165) is 6.54 Å². The molecule has 2 heteroatoms. The maximum absolute atomic E-state index is 6.10. The number of rotatable bonds is 10. The Balaban J connectivity index is 2.55. The molecule has 0 spiro atoms. The number of hydrogen-bond donors (Lipinski definition) is 1. The number of nitrogens with one attached hydrogen (secondary N) is 1. The first kappa shape index (κ1) is 19.0. The molecular weight excluding hydrogens is 258 g/mol. The fourth-order valence-corrected chi connectivity index (χ4v) is 3.79. The van der Waals surface area contributed by atoms with Gasteiger partial charge in [0.05, 0.1) is 5.60 Å². The second-order valence-electron chi connectivity index (χ2n) is 7.75. The van der Waals surface area contributed by atoms with Crippen LogP contribution in [0.3, 0.4) is 0 Å². The predicted molar refractivity (Wildman–Crippen MR) is 92.8 cm³/mol. The van der Waals surface area contributed by atoms with Gasteiger partial charge < -0.3 is 10.1 Å². The minimum absolute atomic E-state index is 0.0796. The van der Waals surface area contributed by atoms with E-state index in [1.807, 2.05) is 7.11 Å². The Labute approximate surface area is 133 Å². The smallest absolute Gasteiger partial charge is 0.0831 e. The second kappa shape index (κ2) is 9.15. The quantitative estimate of drug-likeness (QED) is 0.552. The Morgan fingerprint density at radius 3 is 2.10 bits per heavy atom. The average Bonchev–Trinajstić information content (AvgIpc) is 2.47. The Bertz CT molecular complexity index is 265. The van der Waals surface area contributed by atoms with E-state index < -0.39 is 0 Å². The van der Waals surface area contributed by atoms with Crippen LogP contribution in [-0.4, -0.2) is 25.3 Å². The van der Waals surface area contributed by atoms with Crippen molar-refractivity contribution in [2.24, 2.45) is 5.41 Å². The zero-order valence-electron chi connectivity index (χ0n) is 15.3. The Hall–Kier alpha value is -0.0800. The van der Waals surface area contributed by atoms with Gasteiger partial charge in [0.1, 0.15) is 0 Å². The molecule has 0 heterocycles. The predicted octanol–water partition coefficient (Wildman–Crippen LogP) is 5.31. The molecular formula is C19H39NO. The molecule has 1 rings (SSSR count). The minimum Gasteiger partial charge on any atom is -0.377 e. The third kappa shape index (κ3) is 5.90. The summed E-state index contributed by atoms with van der Waals surface area (Å²) in [5, 5.41) is 3.74. The lowest BCUT2D eigenvalue weighted by molar-refractivity contribution is -0.0879. The van der Waals surface area contributed by atoms with E-state index >= 15 is 0 Å². The molecule has 0 aliphatic heterocycles. The molecule has 0 radical (unpaired) electrons. The summed E-state index contributed by atoms with van der Waals surface area (Å²) in [7, 11) is 1.93. The fourth-order valence-electron chi connectivity index (χ4n) is 3.79. The molecule has 1 N–H and O–H groups in total. The van der Waals surface area contributed by atoms with Crippen LogP contribution in [-0.2, 0) is 4.74 Å².